The second-order valence-corrected chi connectivity index (χ2v) is 5.91. The summed E-state index contributed by atoms with van der Waals surface area (Å²) < 4.78 is 0. The van der Waals surface area contributed by atoms with Gasteiger partial charge in [0.25, 0.3) is 0 Å². The van der Waals surface area contributed by atoms with Crippen LogP contribution in [0.4, 0.5) is 0 Å². The van der Waals surface area contributed by atoms with E-state index in [4.69, 9.17) is 17.3 Å². The molecule has 0 saturated heterocycles. The van der Waals surface area contributed by atoms with Crippen LogP contribution in [0.1, 0.15) is 29.2 Å². The first-order chi connectivity index (χ1) is 8.90. The lowest BCUT2D eigenvalue weighted by molar-refractivity contribution is 0.489. The quantitative estimate of drug-likeness (QED) is 0.883. The molecular weight excluding hydrogens is 254 g/mol. The third-order valence-electron chi connectivity index (χ3n) is 3.67. The van der Waals surface area contributed by atoms with Crippen molar-refractivity contribution in [2.24, 2.45) is 5.73 Å². The van der Waals surface area contributed by atoms with Crippen LogP contribution in [0.3, 0.4) is 0 Å². The van der Waals surface area contributed by atoms with Gasteiger partial charge in [-0.05, 0) is 61.6 Å². The molecule has 2 aromatic carbocycles. The molecule has 0 fully saturated rings. The Kier molecular flexibility index (Phi) is 3.98. The number of aryl methyl sites for hydroxylation is 2. The van der Waals surface area contributed by atoms with Crippen LogP contribution in [0.25, 0.3) is 0 Å². The average Bonchev–Trinajstić information content (AvgIpc) is 2.34. The van der Waals surface area contributed by atoms with Crippen LogP contribution < -0.4 is 5.73 Å². The molecule has 19 heavy (non-hydrogen) atoms. The Morgan fingerprint density at radius 1 is 1.05 bits per heavy atom. The molecule has 0 aromatic heterocycles. The number of hydrogen-bond donors (Lipinski definition) is 1. The van der Waals surface area contributed by atoms with E-state index in [9.17, 15) is 0 Å². The molecule has 0 aliphatic heterocycles. The minimum absolute atomic E-state index is 0.415. The zero-order valence-electron chi connectivity index (χ0n) is 11.7. The summed E-state index contributed by atoms with van der Waals surface area (Å²) in [5.41, 5.74) is 11.1. The van der Waals surface area contributed by atoms with Gasteiger partial charge >= 0.3 is 0 Å². The van der Waals surface area contributed by atoms with Crippen molar-refractivity contribution >= 4 is 11.6 Å². The smallest absolute Gasteiger partial charge is 0.0422 e. The molecule has 0 aliphatic rings. The first-order valence-electron chi connectivity index (χ1n) is 6.50. The van der Waals surface area contributed by atoms with E-state index in [1.54, 1.807) is 0 Å². The number of rotatable bonds is 3. The Bertz CT molecular complexity index is 567. The lowest BCUT2D eigenvalue weighted by Crippen LogP contribution is -2.36. The highest BCUT2D eigenvalue weighted by Gasteiger charge is 2.23. The van der Waals surface area contributed by atoms with Crippen LogP contribution in [0.15, 0.2) is 42.5 Å². The molecule has 1 unspecified atom stereocenters. The van der Waals surface area contributed by atoms with Crippen LogP contribution >= 0.6 is 11.6 Å². The fourth-order valence-corrected chi connectivity index (χ4v) is 2.63. The highest BCUT2D eigenvalue weighted by atomic mass is 35.5. The largest absolute Gasteiger partial charge is 0.321 e. The zero-order chi connectivity index (χ0) is 14.0. The lowest BCUT2D eigenvalue weighted by Gasteiger charge is -2.27. The van der Waals surface area contributed by atoms with Gasteiger partial charge in [-0.15, -0.1) is 0 Å². The summed E-state index contributed by atoms with van der Waals surface area (Å²) in [4.78, 5) is 0. The van der Waals surface area contributed by atoms with E-state index in [-0.39, 0.29) is 0 Å². The SMILES string of the molecule is Cc1cccc(C)c1CC(C)(N)c1cccc(Cl)c1. The minimum atomic E-state index is -0.415. The molecule has 1 atom stereocenters. The molecule has 0 amide bonds. The summed E-state index contributed by atoms with van der Waals surface area (Å²) in [6.45, 7) is 6.33. The molecule has 2 rings (SSSR count). The van der Waals surface area contributed by atoms with E-state index < -0.39 is 5.54 Å². The molecule has 0 aliphatic carbocycles. The van der Waals surface area contributed by atoms with Crippen molar-refractivity contribution in [2.75, 3.05) is 0 Å². The van der Waals surface area contributed by atoms with Crippen molar-refractivity contribution in [3.63, 3.8) is 0 Å². The summed E-state index contributed by atoms with van der Waals surface area (Å²) in [6, 6.07) is 14.2. The van der Waals surface area contributed by atoms with E-state index in [1.807, 2.05) is 24.3 Å². The second-order valence-electron chi connectivity index (χ2n) is 5.47. The Labute approximate surface area is 120 Å². The molecule has 0 bridgehead atoms. The number of hydrogen-bond acceptors (Lipinski definition) is 1. The predicted octanol–water partition coefficient (Wildman–Crippen LogP) is 4.37. The summed E-state index contributed by atoms with van der Waals surface area (Å²) in [5.74, 6) is 0. The van der Waals surface area contributed by atoms with Crippen molar-refractivity contribution in [1.29, 1.82) is 0 Å². The van der Waals surface area contributed by atoms with Gasteiger partial charge in [0.1, 0.15) is 0 Å². The first-order valence-corrected chi connectivity index (χ1v) is 6.88. The molecule has 1 nitrogen and oxygen atoms in total. The zero-order valence-corrected chi connectivity index (χ0v) is 12.5. The van der Waals surface area contributed by atoms with Crippen molar-refractivity contribution in [1.82, 2.24) is 0 Å². The molecule has 100 valence electrons. The summed E-state index contributed by atoms with van der Waals surface area (Å²) in [7, 11) is 0. The molecule has 0 saturated carbocycles. The van der Waals surface area contributed by atoms with Crippen LogP contribution in [-0.4, -0.2) is 0 Å². The second kappa shape index (κ2) is 5.36. The maximum Gasteiger partial charge on any atom is 0.0422 e. The third-order valence-corrected chi connectivity index (χ3v) is 3.91. The Morgan fingerprint density at radius 2 is 1.63 bits per heavy atom. The summed E-state index contributed by atoms with van der Waals surface area (Å²) in [5, 5.41) is 0.732. The Balaban J connectivity index is 2.36. The summed E-state index contributed by atoms with van der Waals surface area (Å²) >= 11 is 6.06. The topological polar surface area (TPSA) is 26.0 Å². The highest BCUT2D eigenvalue weighted by Crippen LogP contribution is 2.27. The Hall–Kier alpha value is -1.31. The van der Waals surface area contributed by atoms with Gasteiger partial charge < -0.3 is 5.73 Å². The van der Waals surface area contributed by atoms with E-state index in [2.05, 4.69) is 39.0 Å². The average molecular weight is 274 g/mol. The van der Waals surface area contributed by atoms with Gasteiger partial charge in [0, 0.05) is 10.6 Å². The van der Waals surface area contributed by atoms with Crippen molar-refractivity contribution in [2.45, 2.75) is 32.7 Å². The van der Waals surface area contributed by atoms with E-state index in [1.165, 1.54) is 16.7 Å². The minimum Gasteiger partial charge on any atom is -0.321 e. The first kappa shape index (κ1) is 14.1. The maximum atomic E-state index is 6.52. The monoisotopic (exact) mass is 273 g/mol. The molecule has 0 radical (unpaired) electrons. The van der Waals surface area contributed by atoms with Gasteiger partial charge in [-0.25, -0.2) is 0 Å². The Morgan fingerprint density at radius 3 is 2.21 bits per heavy atom. The molecule has 2 aromatic rings. The van der Waals surface area contributed by atoms with Gasteiger partial charge in [0.15, 0.2) is 0 Å². The normalized spacial score (nSPS) is 14.2. The summed E-state index contributed by atoms with van der Waals surface area (Å²) in [6.07, 6.45) is 0.811. The number of benzene rings is 2. The van der Waals surface area contributed by atoms with Crippen LogP contribution in [0.2, 0.25) is 5.02 Å². The van der Waals surface area contributed by atoms with Gasteiger partial charge in [0.2, 0.25) is 0 Å². The molecule has 0 heterocycles. The van der Waals surface area contributed by atoms with Crippen LogP contribution in [0, 0.1) is 13.8 Å². The van der Waals surface area contributed by atoms with E-state index >= 15 is 0 Å². The fourth-order valence-electron chi connectivity index (χ4n) is 2.44. The third kappa shape index (κ3) is 3.17. The highest BCUT2D eigenvalue weighted by molar-refractivity contribution is 6.30. The van der Waals surface area contributed by atoms with E-state index in [0.717, 1.165) is 17.0 Å². The van der Waals surface area contributed by atoms with Gasteiger partial charge in [-0.1, -0.05) is 41.9 Å². The maximum absolute atomic E-state index is 6.52. The van der Waals surface area contributed by atoms with Gasteiger partial charge in [0.05, 0.1) is 0 Å². The van der Waals surface area contributed by atoms with Gasteiger partial charge in [-0.2, -0.15) is 0 Å². The van der Waals surface area contributed by atoms with Crippen molar-refractivity contribution in [3.8, 4) is 0 Å². The fraction of sp³-hybridized carbons (Fsp3) is 0.294. The van der Waals surface area contributed by atoms with Crippen LogP contribution in [-0.2, 0) is 12.0 Å². The lowest BCUT2D eigenvalue weighted by atomic mass is 9.84. The van der Waals surface area contributed by atoms with Gasteiger partial charge in [-0.3, -0.25) is 0 Å². The predicted molar refractivity (Wildman–Crippen MR) is 82.6 cm³/mol. The van der Waals surface area contributed by atoms with Crippen molar-refractivity contribution in [3.05, 3.63) is 69.7 Å². The number of halogens is 1. The van der Waals surface area contributed by atoms with E-state index in [0.29, 0.717) is 0 Å². The number of nitrogens with two attached hydrogens (primary N) is 1. The molecule has 0 spiro atoms. The van der Waals surface area contributed by atoms with Crippen molar-refractivity contribution < 1.29 is 0 Å². The molecular formula is C17H20ClN. The van der Waals surface area contributed by atoms with Crippen LogP contribution in [0.5, 0.6) is 0 Å². The molecule has 2 N–H and O–H groups in total. The molecule has 2 heteroatoms. The standard InChI is InChI=1S/C17H20ClN/c1-12-6-4-7-13(2)16(12)11-17(3,19)14-8-5-9-15(18)10-14/h4-10H,11,19H2,1-3H3.